The minimum atomic E-state index is -0.337. The summed E-state index contributed by atoms with van der Waals surface area (Å²) in [6.07, 6.45) is 5.87. The molecule has 6 rings (SSSR count). The van der Waals surface area contributed by atoms with Gasteiger partial charge in [-0.1, -0.05) is 117 Å². The van der Waals surface area contributed by atoms with Crippen LogP contribution in [0.1, 0.15) is 123 Å². The molecule has 0 spiro atoms. The molecular weight excluding hydrogens is 903 g/mol. The molecule has 0 amide bonds. The number of aryl methyl sites for hydroxylation is 2. The molecule has 6 heteroatoms. The number of fused-ring (bicyclic) bond motifs is 3. The number of aromatic nitrogens is 1. The zero-order chi connectivity index (χ0) is 40.5. The number of thiophene rings is 2. The predicted octanol–water partition coefficient (Wildman–Crippen LogP) is 15.6. The number of nitrogens with zero attached hydrogens (tertiary/aromatic N) is 1. The summed E-state index contributed by atoms with van der Waals surface area (Å²) in [5.74, 6) is 0.920. The van der Waals surface area contributed by atoms with Crippen LogP contribution in [0.2, 0.25) is 0 Å². The van der Waals surface area contributed by atoms with Gasteiger partial charge in [0.1, 0.15) is 5.76 Å². The predicted molar refractivity (Wildman–Crippen MR) is 242 cm³/mol. The van der Waals surface area contributed by atoms with Crippen LogP contribution in [0.25, 0.3) is 53.5 Å². The maximum Gasteiger partial charge on any atom is 0.164 e. The summed E-state index contributed by atoms with van der Waals surface area (Å²) >= 11 is 3.73. The van der Waals surface area contributed by atoms with Crippen molar-refractivity contribution in [3.63, 3.8) is 0 Å². The van der Waals surface area contributed by atoms with Crippen LogP contribution in [0.4, 0.5) is 0 Å². The summed E-state index contributed by atoms with van der Waals surface area (Å²) in [6.45, 7) is 28.0. The summed E-state index contributed by atoms with van der Waals surface area (Å²) in [7, 11) is 0. The molecule has 3 aromatic heterocycles. The van der Waals surface area contributed by atoms with Gasteiger partial charge in [0.2, 0.25) is 0 Å². The molecule has 0 atom stereocenters. The van der Waals surface area contributed by atoms with Crippen molar-refractivity contribution in [1.82, 2.24) is 4.98 Å². The van der Waals surface area contributed by atoms with E-state index >= 15 is 0 Å². The first-order valence-electron chi connectivity index (χ1n) is 20.2. The van der Waals surface area contributed by atoms with E-state index in [0.717, 1.165) is 54.3 Å². The molecule has 3 nitrogen and oxygen atoms in total. The van der Waals surface area contributed by atoms with Crippen LogP contribution < -0.4 is 0 Å². The van der Waals surface area contributed by atoms with Crippen molar-refractivity contribution in [3.05, 3.63) is 99.4 Å². The van der Waals surface area contributed by atoms with E-state index in [9.17, 15) is 9.90 Å². The molecule has 0 aliphatic carbocycles. The van der Waals surface area contributed by atoms with Gasteiger partial charge in [0.05, 0.1) is 10.2 Å². The number of pyridine rings is 1. The smallest absolute Gasteiger partial charge is 0.164 e. The summed E-state index contributed by atoms with van der Waals surface area (Å²) in [5.41, 5.74) is 9.19. The number of carbonyl (C=O) groups excluding carboxylic acids is 1. The van der Waals surface area contributed by atoms with E-state index in [1.807, 2.05) is 52.9 Å². The van der Waals surface area contributed by atoms with Crippen molar-refractivity contribution in [1.29, 1.82) is 0 Å². The average molecular weight is 965 g/mol. The third kappa shape index (κ3) is 9.41. The fourth-order valence-electron chi connectivity index (χ4n) is 7.25. The first kappa shape index (κ1) is 45.6. The average Bonchev–Trinajstić information content (AvgIpc) is 3.70. The van der Waals surface area contributed by atoms with Crippen molar-refractivity contribution in [3.8, 4) is 22.4 Å². The second-order valence-corrected chi connectivity index (χ2v) is 19.6. The van der Waals surface area contributed by atoms with Crippen molar-refractivity contribution in [2.45, 2.75) is 128 Å². The van der Waals surface area contributed by atoms with Gasteiger partial charge in [-0.15, -0.1) is 51.8 Å². The van der Waals surface area contributed by atoms with E-state index < -0.39 is 0 Å². The van der Waals surface area contributed by atoms with Crippen LogP contribution in [0, 0.1) is 36.7 Å². The largest absolute Gasteiger partial charge is 0.512 e. The number of hydrogen-bond donors (Lipinski definition) is 1. The van der Waals surface area contributed by atoms with Gasteiger partial charge in [0, 0.05) is 52.3 Å². The first-order valence-corrected chi connectivity index (χ1v) is 21.9. The number of benzene rings is 3. The molecule has 0 aliphatic rings. The van der Waals surface area contributed by atoms with Gasteiger partial charge in [-0.3, -0.25) is 9.78 Å². The number of rotatable bonds is 11. The standard InChI is InChI=1S/C35H34NS2.C15H28O2.Ir/c1-20(2)14-27-22(4)38-32-13-12-24(16-29(27)32)28-18-31(36-33-21(3)19-37-34(28)33)25-15-23-10-8-9-11-26(23)30(17-25)35(5,6)7;1-7-14(5,8-2)12(16)11-13(17)15(6,9-3)10-4;/h8-13,16-20H,14H2,1-7H3;11,16H,7-10H2,1-6H3;/q-1;;/b;12-11-;. The molecule has 3 heterocycles. The molecule has 6 aromatic rings. The Hall–Kier alpha value is -3.15. The fourth-order valence-corrected chi connectivity index (χ4v) is 9.35. The van der Waals surface area contributed by atoms with E-state index in [4.69, 9.17) is 4.98 Å². The number of aliphatic hydroxyl groups is 1. The molecule has 1 N–H and O–H groups in total. The SMILES string of the molecule is CCC(C)(CC)C(=O)/C=C(\O)C(C)(CC)CC.Cc1sc2ccc(-c3cc(-c4[c-]c5ccccc5c(C(C)(C)C)c4)nc4c(C)csc34)cc2c1CC(C)C.[Ir]. The Morgan fingerprint density at radius 3 is 2.12 bits per heavy atom. The maximum absolute atomic E-state index is 12.2. The van der Waals surface area contributed by atoms with Crippen LogP contribution in [-0.4, -0.2) is 15.9 Å². The summed E-state index contributed by atoms with van der Waals surface area (Å²) < 4.78 is 2.65. The van der Waals surface area contributed by atoms with Gasteiger partial charge >= 0.3 is 0 Å². The molecule has 0 saturated heterocycles. The second kappa shape index (κ2) is 18.2. The molecule has 0 unspecified atom stereocenters. The van der Waals surface area contributed by atoms with Crippen LogP contribution in [0.15, 0.2) is 71.8 Å². The second-order valence-electron chi connectivity index (χ2n) is 17.4. The summed E-state index contributed by atoms with van der Waals surface area (Å²) in [4.78, 5) is 18.8. The molecule has 0 bridgehead atoms. The summed E-state index contributed by atoms with van der Waals surface area (Å²) in [5, 5.41) is 16.2. The Morgan fingerprint density at radius 2 is 1.52 bits per heavy atom. The van der Waals surface area contributed by atoms with E-state index in [2.05, 4.69) is 115 Å². The number of hydrogen-bond acceptors (Lipinski definition) is 5. The zero-order valence-corrected chi connectivity index (χ0v) is 39.9. The van der Waals surface area contributed by atoms with Crippen molar-refractivity contribution in [2.24, 2.45) is 16.7 Å². The fraction of sp³-hybridized carbons (Fsp3) is 0.440. The Morgan fingerprint density at radius 1 is 0.875 bits per heavy atom. The minimum Gasteiger partial charge on any atom is -0.512 e. The number of carbonyl (C=O) groups is 1. The number of allylic oxidation sites excluding steroid dienone is 2. The third-order valence-corrected chi connectivity index (χ3v) is 14.3. The number of aliphatic hydroxyl groups excluding tert-OH is 1. The van der Waals surface area contributed by atoms with Gasteiger partial charge in [-0.05, 0) is 102 Å². The van der Waals surface area contributed by atoms with Gasteiger partial charge in [-0.25, -0.2) is 0 Å². The topological polar surface area (TPSA) is 50.2 Å². The quantitative estimate of drug-likeness (QED) is 0.0800. The molecule has 56 heavy (non-hydrogen) atoms. The first-order chi connectivity index (χ1) is 25.9. The molecule has 1 radical (unpaired) electrons. The Bertz CT molecular complexity index is 2340. The molecule has 0 fully saturated rings. The maximum atomic E-state index is 12.2. The van der Waals surface area contributed by atoms with Crippen LogP contribution in [0.5, 0.6) is 0 Å². The minimum absolute atomic E-state index is 0. The Balaban J connectivity index is 0.000000330. The molecule has 301 valence electrons. The zero-order valence-electron chi connectivity index (χ0n) is 35.9. The van der Waals surface area contributed by atoms with Crippen molar-refractivity contribution >= 4 is 59.5 Å². The third-order valence-electron chi connectivity index (χ3n) is 12.1. The van der Waals surface area contributed by atoms with Crippen LogP contribution in [-0.2, 0) is 36.7 Å². The van der Waals surface area contributed by atoms with Crippen molar-refractivity contribution < 1.29 is 30.0 Å². The van der Waals surface area contributed by atoms with E-state index in [-0.39, 0.29) is 47.9 Å². The van der Waals surface area contributed by atoms with Gasteiger partial charge in [-0.2, -0.15) is 0 Å². The molecular formula is C50H62IrNO2S2-. The van der Waals surface area contributed by atoms with E-state index in [1.165, 1.54) is 58.9 Å². The monoisotopic (exact) mass is 965 g/mol. The Labute approximate surface area is 358 Å². The molecule has 0 aliphatic heterocycles. The van der Waals surface area contributed by atoms with Gasteiger partial charge in [0.25, 0.3) is 0 Å². The van der Waals surface area contributed by atoms with Crippen molar-refractivity contribution in [2.75, 3.05) is 0 Å². The molecule has 0 saturated carbocycles. The summed E-state index contributed by atoms with van der Waals surface area (Å²) in [6, 6.07) is 24.0. The Kier molecular flexibility index (Phi) is 14.8. The normalized spacial score (nSPS) is 12.6. The number of ketones is 1. The molecule has 3 aromatic carbocycles. The van der Waals surface area contributed by atoms with Crippen LogP contribution >= 0.6 is 22.7 Å². The van der Waals surface area contributed by atoms with E-state index in [0.29, 0.717) is 5.92 Å². The van der Waals surface area contributed by atoms with Gasteiger partial charge in [0.15, 0.2) is 5.78 Å². The van der Waals surface area contributed by atoms with E-state index in [1.54, 1.807) is 11.3 Å². The van der Waals surface area contributed by atoms with Crippen LogP contribution in [0.3, 0.4) is 0 Å². The van der Waals surface area contributed by atoms with Gasteiger partial charge < -0.3 is 5.11 Å².